The fourth-order valence-electron chi connectivity index (χ4n) is 6.72. The first kappa shape index (κ1) is 9.07. The average Bonchev–Trinajstić information content (AvgIpc) is 2.49. The van der Waals surface area contributed by atoms with Crippen LogP contribution < -0.4 is 0 Å². The highest BCUT2D eigenvalue weighted by Gasteiger charge is 2.86. The predicted molar refractivity (Wildman–Crippen MR) is 62.4 cm³/mol. The molecule has 5 fully saturated rings. The van der Waals surface area contributed by atoms with Gasteiger partial charge in [0.1, 0.15) is 0 Å². The Kier molecular flexibility index (Phi) is 1.31. The molecule has 0 radical (unpaired) electrons. The SMILES string of the molecule is CC(C)[C@@H]1CC[C@@]2(C)[C@@H]3C[C@H]4[C@@H](C13)[C@]42C. The van der Waals surface area contributed by atoms with Crippen molar-refractivity contribution in [2.75, 3.05) is 0 Å². The van der Waals surface area contributed by atoms with Crippen molar-refractivity contribution in [3.63, 3.8) is 0 Å². The van der Waals surface area contributed by atoms with Crippen LogP contribution in [-0.4, -0.2) is 0 Å². The summed E-state index contributed by atoms with van der Waals surface area (Å²) in [6.45, 7) is 10.2. The van der Waals surface area contributed by atoms with Gasteiger partial charge in [-0.15, -0.1) is 0 Å². The van der Waals surface area contributed by atoms with Gasteiger partial charge in [-0.1, -0.05) is 27.7 Å². The Hall–Kier alpha value is 0. The van der Waals surface area contributed by atoms with Crippen molar-refractivity contribution < 1.29 is 0 Å². The molecule has 0 heteroatoms. The monoisotopic (exact) mass is 204 g/mol. The molecule has 0 spiro atoms. The number of hydrogen-bond donors (Lipinski definition) is 0. The second-order valence-electron chi connectivity index (χ2n) is 7.70. The fourth-order valence-corrected chi connectivity index (χ4v) is 6.72. The summed E-state index contributed by atoms with van der Waals surface area (Å²) in [6.07, 6.45) is 4.68. The molecular formula is C15H24. The molecule has 0 aromatic rings. The molecule has 1 unspecified atom stereocenters. The molecule has 6 bridgehead atoms. The van der Waals surface area contributed by atoms with E-state index < -0.39 is 0 Å². The van der Waals surface area contributed by atoms with Crippen LogP contribution in [0.1, 0.15) is 47.0 Å². The van der Waals surface area contributed by atoms with Crippen LogP contribution in [0.4, 0.5) is 0 Å². The highest BCUT2D eigenvalue weighted by atomic mass is 14.9. The molecule has 0 aliphatic heterocycles. The standard InChI is InChI=1S/C15H24/c1-8(2)9-5-6-14(3)10-7-11-13(12(9)10)15(11,14)4/h8-13H,5-7H2,1-4H3/t9-,10+,11-,12?,13-,14-,15-/m0/s1. The molecule has 5 saturated carbocycles. The summed E-state index contributed by atoms with van der Waals surface area (Å²) in [7, 11) is 0. The lowest BCUT2D eigenvalue weighted by molar-refractivity contribution is 0.0483. The largest absolute Gasteiger partial charge is 0.0625 e. The molecular weight excluding hydrogens is 180 g/mol. The summed E-state index contributed by atoms with van der Waals surface area (Å²) in [6, 6.07) is 0. The maximum Gasteiger partial charge on any atom is -0.0204 e. The zero-order valence-corrected chi connectivity index (χ0v) is 10.6. The molecule has 0 N–H and O–H groups in total. The third kappa shape index (κ3) is 0.666. The van der Waals surface area contributed by atoms with Gasteiger partial charge in [0.2, 0.25) is 0 Å². The van der Waals surface area contributed by atoms with E-state index in [1.54, 1.807) is 12.8 Å². The molecule has 7 atom stereocenters. The first-order chi connectivity index (χ1) is 7.02. The third-order valence-electron chi connectivity index (χ3n) is 7.57. The van der Waals surface area contributed by atoms with E-state index >= 15 is 0 Å². The predicted octanol–water partition coefficient (Wildman–Crippen LogP) is 3.96. The normalized spacial score (nSPS) is 69.0. The Morgan fingerprint density at radius 3 is 2.47 bits per heavy atom. The van der Waals surface area contributed by atoms with Crippen LogP contribution in [-0.2, 0) is 0 Å². The smallest absolute Gasteiger partial charge is 0.0204 e. The molecule has 0 amide bonds. The van der Waals surface area contributed by atoms with E-state index in [4.69, 9.17) is 0 Å². The van der Waals surface area contributed by atoms with E-state index in [1.165, 1.54) is 6.42 Å². The van der Waals surface area contributed by atoms with E-state index in [-0.39, 0.29) is 0 Å². The lowest BCUT2D eigenvalue weighted by atomic mass is 9.61. The first-order valence-corrected chi connectivity index (χ1v) is 7.02. The minimum absolute atomic E-state index is 0.762. The molecule has 0 nitrogen and oxygen atoms in total. The maximum atomic E-state index is 2.63. The Bertz CT molecular complexity index is 329. The molecule has 84 valence electrons. The topological polar surface area (TPSA) is 0 Å². The zero-order chi connectivity index (χ0) is 10.6. The lowest BCUT2D eigenvalue weighted by Crippen LogP contribution is -2.37. The van der Waals surface area contributed by atoms with Gasteiger partial charge < -0.3 is 0 Å². The van der Waals surface area contributed by atoms with E-state index in [9.17, 15) is 0 Å². The van der Waals surface area contributed by atoms with Crippen molar-refractivity contribution in [1.29, 1.82) is 0 Å². The van der Waals surface area contributed by atoms with Crippen molar-refractivity contribution in [2.24, 2.45) is 46.3 Å². The van der Waals surface area contributed by atoms with Crippen LogP contribution in [0.25, 0.3) is 0 Å². The summed E-state index contributed by atoms with van der Waals surface area (Å²) >= 11 is 0. The minimum Gasteiger partial charge on any atom is -0.0625 e. The van der Waals surface area contributed by atoms with Crippen LogP contribution in [0.5, 0.6) is 0 Å². The second-order valence-corrected chi connectivity index (χ2v) is 7.70. The molecule has 5 rings (SSSR count). The van der Waals surface area contributed by atoms with E-state index in [0.717, 1.165) is 46.3 Å². The van der Waals surface area contributed by atoms with Gasteiger partial charge in [0, 0.05) is 0 Å². The lowest BCUT2D eigenvalue weighted by Gasteiger charge is -2.44. The van der Waals surface area contributed by atoms with E-state index in [0.29, 0.717) is 0 Å². The summed E-state index contributed by atoms with van der Waals surface area (Å²) in [5.41, 5.74) is 1.56. The summed E-state index contributed by atoms with van der Waals surface area (Å²) < 4.78 is 0. The molecule has 5 aliphatic rings. The Labute approximate surface area is 93.8 Å². The van der Waals surface area contributed by atoms with Gasteiger partial charge in [0.15, 0.2) is 0 Å². The number of hydrogen-bond acceptors (Lipinski definition) is 0. The van der Waals surface area contributed by atoms with Crippen LogP contribution in [0.15, 0.2) is 0 Å². The summed E-state index contributed by atoms with van der Waals surface area (Å²) in [4.78, 5) is 0. The van der Waals surface area contributed by atoms with Crippen molar-refractivity contribution in [3.05, 3.63) is 0 Å². The van der Waals surface area contributed by atoms with Crippen molar-refractivity contribution in [1.82, 2.24) is 0 Å². The zero-order valence-electron chi connectivity index (χ0n) is 10.6. The van der Waals surface area contributed by atoms with Crippen LogP contribution in [0.3, 0.4) is 0 Å². The van der Waals surface area contributed by atoms with Crippen LogP contribution >= 0.6 is 0 Å². The minimum atomic E-state index is 0.762. The molecule has 0 heterocycles. The van der Waals surface area contributed by atoms with E-state index in [2.05, 4.69) is 27.7 Å². The summed E-state index contributed by atoms with van der Waals surface area (Å²) in [5, 5.41) is 0. The van der Waals surface area contributed by atoms with Crippen molar-refractivity contribution >= 4 is 0 Å². The molecule has 0 saturated heterocycles. The van der Waals surface area contributed by atoms with Crippen LogP contribution in [0.2, 0.25) is 0 Å². The second kappa shape index (κ2) is 2.17. The van der Waals surface area contributed by atoms with Crippen molar-refractivity contribution in [3.8, 4) is 0 Å². The van der Waals surface area contributed by atoms with Gasteiger partial charge in [-0.2, -0.15) is 0 Å². The molecule has 0 aromatic heterocycles. The highest BCUT2D eigenvalue weighted by Crippen LogP contribution is 2.91. The van der Waals surface area contributed by atoms with Gasteiger partial charge in [0.25, 0.3) is 0 Å². The Morgan fingerprint density at radius 2 is 1.87 bits per heavy atom. The molecule has 15 heavy (non-hydrogen) atoms. The molecule has 5 aliphatic carbocycles. The van der Waals surface area contributed by atoms with Crippen molar-refractivity contribution in [2.45, 2.75) is 47.0 Å². The Balaban J connectivity index is 1.80. The van der Waals surface area contributed by atoms with E-state index in [1.807, 2.05) is 0 Å². The van der Waals surface area contributed by atoms with Gasteiger partial charge in [-0.3, -0.25) is 0 Å². The van der Waals surface area contributed by atoms with Gasteiger partial charge in [-0.05, 0) is 65.6 Å². The summed E-state index contributed by atoms with van der Waals surface area (Å²) in [5.74, 6) is 6.57. The average molecular weight is 204 g/mol. The Morgan fingerprint density at radius 1 is 1.13 bits per heavy atom. The van der Waals surface area contributed by atoms with Gasteiger partial charge in [-0.25, -0.2) is 0 Å². The maximum absolute atomic E-state index is 2.63. The highest BCUT2D eigenvalue weighted by molar-refractivity contribution is 5.33. The molecule has 0 aromatic carbocycles. The number of rotatable bonds is 1. The van der Waals surface area contributed by atoms with Crippen LogP contribution in [0, 0.1) is 46.3 Å². The third-order valence-corrected chi connectivity index (χ3v) is 7.57. The van der Waals surface area contributed by atoms with Gasteiger partial charge >= 0.3 is 0 Å². The fraction of sp³-hybridized carbons (Fsp3) is 1.00. The van der Waals surface area contributed by atoms with Gasteiger partial charge in [0.05, 0.1) is 0 Å². The first-order valence-electron chi connectivity index (χ1n) is 7.02. The quantitative estimate of drug-likeness (QED) is 0.606.